The molecule has 34 heavy (non-hydrogen) atoms. The van der Waals surface area contributed by atoms with Crippen molar-refractivity contribution < 1.29 is 87.8 Å². The summed E-state index contributed by atoms with van der Waals surface area (Å²) in [6.07, 6.45) is -10.3. The fourth-order valence-corrected chi connectivity index (χ4v) is 2.74. The van der Waals surface area contributed by atoms with Gasteiger partial charge in [0, 0.05) is 10.8 Å². The van der Waals surface area contributed by atoms with Crippen LogP contribution in [0, 0.1) is 0 Å². The van der Waals surface area contributed by atoms with Crippen molar-refractivity contribution in [3.8, 4) is 0 Å². The van der Waals surface area contributed by atoms with E-state index in [4.69, 9.17) is 0 Å². The molecule has 0 aliphatic carbocycles. The highest BCUT2D eigenvalue weighted by Crippen LogP contribution is 2.65. The van der Waals surface area contributed by atoms with Crippen LogP contribution in [0.25, 0.3) is 0 Å². The van der Waals surface area contributed by atoms with Crippen LogP contribution in [-0.4, -0.2) is 63.7 Å². The predicted molar refractivity (Wildman–Crippen MR) is 78.6 cm³/mol. The highest BCUT2D eigenvalue weighted by Gasteiger charge is 2.95. The Bertz CT molecular complexity index is 731. The lowest BCUT2D eigenvalue weighted by molar-refractivity contribution is -0.454. The summed E-state index contributed by atoms with van der Waals surface area (Å²) in [5.74, 6) is -64.2. The largest absolute Gasteiger partial charge is 0.460 e. The molecular formula is C13H7F20I. The van der Waals surface area contributed by atoms with Crippen molar-refractivity contribution in [1.29, 1.82) is 0 Å². The molecule has 0 radical (unpaired) electrons. The van der Waals surface area contributed by atoms with Gasteiger partial charge in [0.1, 0.15) is 0 Å². The van der Waals surface area contributed by atoms with Crippen LogP contribution in [0.4, 0.5) is 87.8 Å². The maximum absolute atomic E-state index is 14.1. The van der Waals surface area contributed by atoms with E-state index in [2.05, 4.69) is 0 Å². The minimum Gasteiger partial charge on any atom is -0.230 e. The van der Waals surface area contributed by atoms with Crippen molar-refractivity contribution in [2.75, 3.05) is 4.43 Å². The summed E-state index contributed by atoms with van der Waals surface area (Å²) < 4.78 is 263. The molecule has 0 aliphatic rings. The average Bonchev–Trinajstić information content (AvgIpc) is 2.59. The van der Waals surface area contributed by atoms with Crippen molar-refractivity contribution in [2.45, 2.75) is 72.6 Å². The zero-order valence-electron chi connectivity index (χ0n) is 15.4. The van der Waals surface area contributed by atoms with Gasteiger partial charge in [-0.25, -0.2) is 4.39 Å². The van der Waals surface area contributed by atoms with Crippen LogP contribution in [0.15, 0.2) is 0 Å². The summed E-state index contributed by atoms with van der Waals surface area (Å²) in [7, 11) is 0. The summed E-state index contributed by atoms with van der Waals surface area (Å²) in [6, 6.07) is 0. The smallest absolute Gasteiger partial charge is 0.230 e. The molecule has 0 aliphatic heterocycles. The molecule has 0 amide bonds. The first-order valence-electron chi connectivity index (χ1n) is 7.65. The second kappa shape index (κ2) is 8.44. The van der Waals surface area contributed by atoms with Gasteiger partial charge in [-0.05, 0) is 6.92 Å². The standard InChI is InChI=1S/C13H7F20I/c1-4(14,6(17,18)9(23,24)8(21,22)5(15,16)2-3-34)7(19,20)10(25,26)11(27,28)12(29,30)13(31,32)33/h2-3H2,1H3. The lowest BCUT2D eigenvalue weighted by atomic mass is 9.79. The SMILES string of the molecule is CC(F)(C(F)(F)C(F)(F)C(F)(F)C(F)(F)CCI)C(F)(F)C(F)(F)C(F)(F)C(F)(F)C(F)(F)F. The molecule has 1 unspecified atom stereocenters. The van der Waals surface area contributed by atoms with Gasteiger partial charge in [0.25, 0.3) is 0 Å². The van der Waals surface area contributed by atoms with Gasteiger partial charge >= 0.3 is 53.6 Å². The van der Waals surface area contributed by atoms with Crippen molar-refractivity contribution in [3.63, 3.8) is 0 Å². The van der Waals surface area contributed by atoms with Gasteiger partial charge in [-0.3, -0.25) is 0 Å². The quantitative estimate of drug-likeness (QED) is 0.125. The molecule has 0 nitrogen and oxygen atoms in total. The Morgan fingerprint density at radius 2 is 0.676 bits per heavy atom. The fourth-order valence-electron chi connectivity index (χ4n) is 2.06. The minimum atomic E-state index is -8.66. The van der Waals surface area contributed by atoms with E-state index in [0.29, 0.717) is 0 Å². The topological polar surface area (TPSA) is 0 Å². The summed E-state index contributed by atoms with van der Waals surface area (Å²) in [4.78, 5) is 0. The van der Waals surface area contributed by atoms with E-state index in [0.717, 1.165) is 22.6 Å². The van der Waals surface area contributed by atoms with E-state index in [9.17, 15) is 87.8 Å². The van der Waals surface area contributed by atoms with Crippen molar-refractivity contribution in [1.82, 2.24) is 0 Å². The van der Waals surface area contributed by atoms with Gasteiger partial charge < -0.3 is 0 Å². The van der Waals surface area contributed by atoms with E-state index in [1.807, 2.05) is 0 Å². The first-order valence-corrected chi connectivity index (χ1v) is 9.18. The molecule has 0 fully saturated rings. The van der Waals surface area contributed by atoms with Crippen LogP contribution in [-0.2, 0) is 0 Å². The first-order chi connectivity index (χ1) is 14.3. The number of hydrogen-bond donors (Lipinski definition) is 0. The maximum Gasteiger partial charge on any atom is 0.460 e. The summed E-state index contributed by atoms with van der Waals surface area (Å²) in [5.41, 5.74) is -7.58. The van der Waals surface area contributed by atoms with Gasteiger partial charge in [0.2, 0.25) is 5.67 Å². The molecule has 0 rings (SSSR count). The van der Waals surface area contributed by atoms with E-state index in [1.54, 1.807) is 0 Å². The lowest BCUT2D eigenvalue weighted by Crippen LogP contribution is -2.77. The molecule has 0 aromatic heterocycles. The molecule has 0 spiro atoms. The van der Waals surface area contributed by atoms with Crippen molar-refractivity contribution >= 4 is 22.6 Å². The first kappa shape index (κ1) is 33.3. The molecule has 0 bridgehead atoms. The van der Waals surface area contributed by atoms with E-state index < -0.39 is 77.0 Å². The fraction of sp³-hybridized carbons (Fsp3) is 1.00. The molecule has 206 valence electrons. The Balaban J connectivity index is 7.01. The Labute approximate surface area is 188 Å². The van der Waals surface area contributed by atoms with E-state index >= 15 is 0 Å². The molecule has 0 aromatic rings. The van der Waals surface area contributed by atoms with Gasteiger partial charge in [-0.15, -0.1) is 0 Å². The Morgan fingerprint density at radius 1 is 0.412 bits per heavy atom. The molecule has 0 aromatic carbocycles. The normalized spacial score (nSPS) is 18.2. The molecule has 21 heteroatoms. The third kappa shape index (κ3) is 4.05. The third-order valence-corrected chi connectivity index (χ3v) is 4.91. The zero-order valence-corrected chi connectivity index (χ0v) is 17.5. The van der Waals surface area contributed by atoms with Crippen molar-refractivity contribution in [2.24, 2.45) is 0 Å². The summed E-state index contributed by atoms with van der Waals surface area (Å²) >= 11 is 0.778. The van der Waals surface area contributed by atoms with E-state index in [1.165, 1.54) is 0 Å². The van der Waals surface area contributed by atoms with Gasteiger partial charge in [0.15, 0.2) is 0 Å². The number of rotatable bonds is 10. The van der Waals surface area contributed by atoms with Crippen LogP contribution in [0.3, 0.4) is 0 Å². The molecule has 0 heterocycles. The zero-order chi connectivity index (χ0) is 28.4. The Morgan fingerprint density at radius 3 is 0.941 bits per heavy atom. The highest BCUT2D eigenvalue weighted by atomic mass is 127. The average molecular weight is 670 g/mol. The summed E-state index contributed by atoms with van der Waals surface area (Å²) in [5, 5.41) is 0. The summed E-state index contributed by atoms with van der Waals surface area (Å²) in [6.45, 7) is -1.98. The molecule has 0 saturated heterocycles. The maximum atomic E-state index is 14.1. The lowest BCUT2D eigenvalue weighted by Gasteiger charge is -2.46. The van der Waals surface area contributed by atoms with Crippen LogP contribution >= 0.6 is 22.6 Å². The number of halogens is 21. The molecule has 1 atom stereocenters. The highest BCUT2D eigenvalue weighted by molar-refractivity contribution is 14.1. The van der Waals surface area contributed by atoms with Crippen LogP contribution < -0.4 is 0 Å². The molecule has 0 saturated carbocycles. The van der Waals surface area contributed by atoms with Gasteiger partial charge in [-0.1, -0.05) is 22.6 Å². The number of hydrogen-bond acceptors (Lipinski definition) is 0. The van der Waals surface area contributed by atoms with Crippen LogP contribution in [0.2, 0.25) is 0 Å². The predicted octanol–water partition coefficient (Wildman–Crippen LogP) is 8.18. The van der Waals surface area contributed by atoms with Crippen LogP contribution in [0.5, 0.6) is 0 Å². The minimum absolute atomic E-state index is 0.778. The van der Waals surface area contributed by atoms with E-state index in [-0.39, 0.29) is 0 Å². The Hall–Kier alpha value is -0.670. The van der Waals surface area contributed by atoms with Gasteiger partial charge in [-0.2, -0.15) is 83.4 Å². The number of alkyl halides is 21. The van der Waals surface area contributed by atoms with Gasteiger partial charge in [0.05, 0.1) is 0 Å². The van der Waals surface area contributed by atoms with Crippen LogP contribution in [0.1, 0.15) is 13.3 Å². The van der Waals surface area contributed by atoms with Crippen molar-refractivity contribution in [3.05, 3.63) is 0 Å². The second-order valence-corrected chi connectivity index (χ2v) is 7.74. The Kier molecular flexibility index (Phi) is 8.27. The second-order valence-electron chi connectivity index (χ2n) is 6.66. The molecule has 0 N–H and O–H groups in total. The molecular weight excluding hydrogens is 663 g/mol. The third-order valence-electron chi connectivity index (χ3n) is 4.37. The monoisotopic (exact) mass is 670 g/mol.